The van der Waals surface area contributed by atoms with Gasteiger partial charge in [0.1, 0.15) is 5.54 Å². The minimum atomic E-state index is -1.19. The summed E-state index contributed by atoms with van der Waals surface area (Å²) in [5, 5.41) is 12.0. The van der Waals surface area contributed by atoms with Crippen LogP contribution in [0.4, 0.5) is 4.79 Å². The molecule has 1 saturated heterocycles. The number of carbonyl (C=O) groups is 2. The Kier molecular flexibility index (Phi) is 6.22. The number of nitrogens with zero attached hydrogens (tertiary/aromatic N) is 2. The molecule has 1 rings (SSSR count). The highest BCUT2D eigenvalue weighted by Crippen LogP contribution is 2.21. The number of carboxylic acids is 1. The van der Waals surface area contributed by atoms with E-state index in [0.717, 1.165) is 13.0 Å². The Balaban J connectivity index is 2.51. The minimum Gasteiger partial charge on any atom is -0.480 e. The molecule has 0 unspecified atom stereocenters. The van der Waals surface area contributed by atoms with Crippen molar-refractivity contribution >= 4 is 12.0 Å². The first-order valence-corrected chi connectivity index (χ1v) is 6.86. The molecule has 0 atom stereocenters. The van der Waals surface area contributed by atoms with E-state index in [0.29, 0.717) is 32.6 Å². The molecule has 1 fully saturated rings. The monoisotopic (exact) mass is 287 g/mol. The number of hydrogen-bond donors (Lipinski definition) is 2. The van der Waals surface area contributed by atoms with Crippen LogP contribution >= 0.6 is 0 Å². The van der Waals surface area contributed by atoms with Gasteiger partial charge >= 0.3 is 12.0 Å². The molecule has 0 aromatic heterocycles. The molecule has 20 heavy (non-hydrogen) atoms. The maximum atomic E-state index is 12.1. The molecule has 0 bridgehead atoms. The Morgan fingerprint density at radius 2 is 1.80 bits per heavy atom. The van der Waals surface area contributed by atoms with Crippen LogP contribution < -0.4 is 5.32 Å². The molecule has 2 N–H and O–H groups in total. The number of aliphatic carboxylic acids is 1. The lowest BCUT2D eigenvalue weighted by molar-refractivity contribution is -0.148. The largest absolute Gasteiger partial charge is 0.480 e. The van der Waals surface area contributed by atoms with Crippen molar-refractivity contribution in [3.63, 3.8) is 0 Å². The summed E-state index contributed by atoms with van der Waals surface area (Å²) in [6.45, 7) is 2.19. The maximum Gasteiger partial charge on any atom is 0.329 e. The highest BCUT2D eigenvalue weighted by molar-refractivity contribution is 5.86. The fourth-order valence-electron chi connectivity index (χ4n) is 2.14. The minimum absolute atomic E-state index is 0.305. The smallest absolute Gasteiger partial charge is 0.329 e. The maximum absolute atomic E-state index is 12.1. The highest BCUT2D eigenvalue weighted by Gasteiger charge is 2.42. The third-order valence-corrected chi connectivity index (χ3v) is 3.55. The lowest BCUT2D eigenvalue weighted by atomic mass is 9.90. The van der Waals surface area contributed by atoms with E-state index in [9.17, 15) is 14.7 Å². The van der Waals surface area contributed by atoms with Crippen LogP contribution in [0.15, 0.2) is 0 Å². The Morgan fingerprint density at radius 1 is 1.20 bits per heavy atom. The molecule has 7 nitrogen and oxygen atoms in total. The number of carbonyl (C=O) groups excluding carboxylic acids is 1. The van der Waals surface area contributed by atoms with Crippen LogP contribution in [0.1, 0.15) is 19.3 Å². The van der Waals surface area contributed by atoms with Crippen molar-refractivity contribution < 1.29 is 19.4 Å². The fourth-order valence-corrected chi connectivity index (χ4v) is 2.14. The van der Waals surface area contributed by atoms with Gasteiger partial charge in [-0.25, -0.2) is 9.59 Å². The van der Waals surface area contributed by atoms with E-state index in [1.54, 1.807) is 7.05 Å². The SMILES string of the molecule is CN(C)CCCN(C)C(=O)NC1(C(=O)O)CCOCC1. The van der Waals surface area contributed by atoms with Gasteiger partial charge in [-0.3, -0.25) is 0 Å². The highest BCUT2D eigenvalue weighted by atomic mass is 16.5. The summed E-state index contributed by atoms with van der Waals surface area (Å²) in [7, 11) is 5.63. The molecule has 0 spiro atoms. The van der Waals surface area contributed by atoms with Crippen molar-refractivity contribution in [1.82, 2.24) is 15.1 Å². The molecule has 116 valence electrons. The number of amides is 2. The van der Waals surface area contributed by atoms with Gasteiger partial charge in [0.25, 0.3) is 0 Å². The first-order valence-electron chi connectivity index (χ1n) is 6.86. The predicted molar refractivity (Wildman–Crippen MR) is 74.8 cm³/mol. The van der Waals surface area contributed by atoms with E-state index in [-0.39, 0.29) is 6.03 Å². The normalized spacial score (nSPS) is 17.8. The van der Waals surface area contributed by atoms with Crippen molar-refractivity contribution in [2.75, 3.05) is 47.4 Å². The molecule has 1 heterocycles. The molecule has 0 aliphatic carbocycles. The van der Waals surface area contributed by atoms with Crippen LogP contribution in [0.25, 0.3) is 0 Å². The molecule has 1 aliphatic heterocycles. The number of rotatable bonds is 6. The van der Waals surface area contributed by atoms with Crippen molar-refractivity contribution in [1.29, 1.82) is 0 Å². The van der Waals surface area contributed by atoms with Crippen LogP contribution in [-0.4, -0.2) is 79.9 Å². The van der Waals surface area contributed by atoms with Gasteiger partial charge in [0, 0.05) is 39.6 Å². The Bertz CT molecular complexity index is 341. The molecular formula is C13H25N3O4. The van der Waals surface area contributed by atoms with Crippen LogP contribution in [0, 0.1) is 0 Å². The van der Waals surface area contributed by atoms with E-state index >= 15 is 0 Å². The summed E-state index contributed by atoms with van der Waals surface area (Å²) in [6.07, 6.45) is 1.46. The predicted octanol–water partition coefficient (Wildman–Crippen LogP) is 0.213. The number of ether oxygens (including phenoxy) is 1. The fraction of sp³-hybridized carbons (Fsp3) is 0.846. The van der Waals surface area contributed by atoms with Crippen molar-refractivity contribution in [2.45, 2.75) is 24.8 Å². The second-order valence-electron chi connectivity index (χ2n) is 5.51. The van der Waals surface area contributed by atoms with Crippen molar-refractivity contribution in [3.8, 4) is 0 Å². The van der Waals surface area contributed by atoms with Crippen LogP contribution in [0.5, 0.6) is 0 Å². The Morgan fingerprint density at radius 3 is 2.30 bits per heavy atom. The summed E-state index contributed by atoms with van der Waals surface area (Å²) in [6, 6.07) is -0.340. The van der Waals surface area contributed by atoms with Gasteiger partial charge in [0.15, 0.2) is 0 Å². The van der Waals surface area contributed by atoms with Gasteiger partial charge in [-0.1, -0.05) is 0 Å². The summed E-state index contributed by atoms with van der Waals surface area (Å²) in [5.41, 5.74) is -1.19. The second kappa shape index (κ2) is 7.44. The molecule has 0 saturated carbocycles. The second-order valence-corrected chi connectivity index (χ2v) is 5.51. The van der Waals surface area contributed by atoms with Crippen molar-refractivity contribution in [3.05, 3.63) is 0 Å². The first kappa shape index (κ1) is 16.7. The van der Waals surface area contributed by atoms with Gasteiger partial charge in [0.2, 0.25) is 0 Å². The zero-order valence-electron chi connectivity index (χ0n) is 12.5. The van der Waals surface area contributed by atoms with Crippen LogP contribution in [0.3, 0.4) is 0 Å². The van der Waals surface area contributed by atoms with Gasteiger partial charge < -0.3 is 25.0 Å². The number of carboxylic acid groups (broad SMARTS) is 1. The zero-order valence-corrected chi connectivity index (χ0v) is 12.5. The average Bonchev–Trinajstić information content (AvgIpc) is 2.39. The van der Waals surface area contributed by atoms with E-state index in [1.165, 1.54) is 4.90 Å². The van der Waals surface area contributed by atoms with Crippen LogP contribution in [-0.2, 0) is 9.53 Å². The molecule has 1 aliphatic rings. The third-order valence-electron chi connectivity index (χ3n) is 3.55. The number of nitrogens with one attached hydrogen (secondary N) is 1. The summed E-state index contributed by atoms with van der Waals surface area (Å²) in [4.78, 5) is 27.1. The van der Waals surface area contributed by atoms with E-state index in [1.807, 2.05) is 19.0 Å². The molecule has 2 amide bonds. The number of urea groups is 1. The van der Waals surface area contributed by atoms with Crippen LogP contribution in [0.2, 0.25) is 0 Å². The average molecular weight is 287 g/mol. The van der Waals surface area contributed by atoms with Crippen molar-refractivity contribution in [2.24, 2.45) is 0 Å². The quantitative estimate of drug-likeness (QED) is 0.730. The molecular weight excluding hydrogens is 262 g/mol. The van der Waals surface area contributed by atoms with E-state index in [2.05, 4.69) is 5.32 Å². The zero-order chi connectivity index (χ0) is 15.2. The Labute approximate surface area is 119 Å². The summed E-state index contributed by atoms with van der Waals surface area (Å²) >= 11 is 0. The van der Waals surface area contributed by atoms with Gasteiger partial charge in [-0.15, -0.1) is 0 Å². The summed E-state index contributed by atoms with van der Waals surface area (Å²) in [5.74, 6) is -0.990. The topological polar surface area (TPSA) is 82.1 Å². The standard InChI is InChI=1S/C13H25N3O4/c1-15(2)7-4-8-16(3)12(19)14-13(11(17)18)5-9-20-10-6-13/h4-10H2,1-3H3,(H,14,19)(H,17,18). The third kappa shape index (κ3) is 4.64. The van der Waals surface area contributed by atoms with E-state index in [4.69, 9.17) is 4.74 Å². The summed E-state index contributed by atoms with van der Waals surface area (Å²) < 4.78 is 5.17. The lowest BCUT2D eigenvalue weighted by Gasteiger charge is -2.35. The van der Waals surface area contributed by atoms with Gasteiger partial charge in [-0.05, 0) is 27.1 Å². The van der Waals surface area contributed by atoms with Gasteiger partial charge in [-0.2, -0.15) is 0 Å². The molecule has 7 heteroatoms. The molecule has 0 aromatic carbocycles. The number of hydrogen-bond acceptors (Lipinski definition) is 4. The molecule has 0 aromatic rings. The molecule has 0 radical (unpaired) electrons. The van der Waals surface area contributed by atoms with E-state index < -0.39 is 11.5 Å². The van der Waals surface area contributed by atoms with Gasteiger partial charge in [0.05, 0.1) is 0 Å². The Hall–Kier alpha value is -1.34. The first-order chi connectivity index (χ1) is 9.37. The lowest BCUT2D eigenvalue weighted by Crippen LogP contribution is -2.59.